The molecule has 0 saturated carbocycles. The monoisotopic (exact) mass is 276 g/mol. The van der Waals surface area contributed by atoms with Crippen LogP contribution < -0.4 is 4.74 Å². The van der Waals surface area contributed by atoms with Gasteiger partial charge >= 0.3 is 0 Å². The minimum absolute atomic E-state index is 0.480. The third kappa shape index (κ3) is 2.08. The predicted molar refractivity (Wildman–Crippen MR) is 79.1 cm³/mol. The maximum absolute atomic E-state index is 5.85. The van der Waals surface area contributed by atoms with Crippen molar-refractivity contribution in [3.63, 3.8) is 0 Å². The lowest BCUT2D eigenvalue weighted by atomic mass is 10.1. The Morgan fingerprint density at radius 3 is 2.67 bits per heavy atom. The normalized spacial score (nSPS) is 11.0. The largest absolute Gasteiger partial charge is 0.489 e. The van der Waals surface area contributed by atoms with Crippen molar-refractivity contribution in [1.29, 1.82) is 0 Å². The number of hydrogen-bond acceptors (Lipinski definition) is 4. The van der Waals surface area contributed by atoms with Crippen molar-refractivity contribution < 1.29 is 4.74 Å². The zero-order chi connectivity index (χ0) is 14.1. The Bertz CT molecular complexity index is 902. The zero-order valence-electron chi connectivity index (χ0n) is 11.2. The number of para-hydroxylation sites is 2. The average Bonchev–Trinajstić information content (AvgIpc) is 3.02. The molecule has 0 aliphatic rings. The van der Waals surface area contributed by atoms with Crippen LogP contribution in [0.1, 0.15) is 5.56 Å². The lowest BCUT2D eigenvalue weighted by Gasteiger charge is -2.09. The van der Waals surface area contributed by atoms with Crippen molar-refractivity contribution in [2.75, 3.05) is 0 Å². The standard InChI is InChI=1S/C16H12N4O/c1-2-6-13(7-3-1)21-11-12-10-16-17-18-19-20(16)15-9-5-4-8-14(12)15/h1-10H,11H2. The number of ether oxygens (including phenoxy) is 1. The molecule has 0 bridgehead atoms. The first kappa shape index (κ1) is 11.8. The van der Waals surface area contributed by atoms with Crippen LogP contribution in [0.5, 0.6) is 5.75 Å². The van der Waals surface area contributed by atoms with Gasteiger partial charge in [-0.05, 0) is 34.7 Å². The van der Waals surface area contributed by atoms with Crippen LogP contribution in [0.3, 0.4) is 0 Å². The highest BCUT2D eigenvalue weighted by Crippen LogP contribution is 2.22. The van der Waals surface area contributed by atoms with Crippen molar-refractivity contribution in [1.82, 2.24) is 20.0 Å². The molecule has 0 N–H and O–H groups in total. The quantitative estimate of drug-likeness (QED) is 0.577. The molecule has 4 aromatic rings. The SMILES string of the molecule is c1ccc(OCc2cc3nnnn3c3ccccc23)cc1. The number of pyridine rings is 1. The van der Waals surface area contributed by atoms with E-state index in [0.29, 0.717) is 6.61 Å². The number of benzene rings is 2. The summed E-state index contributed by atoms with van der Waals surface area (Å²) in [6, 6.07) is 19.8. The molecule has 0 saturated heterocycles. The minimum Gasteiger partial charge on any atom is -0.489 e. The molecule has 0 radical (unpaired) electrons. The van der Waals surface area contributed by atoms with Crippen LogP contribution in [-0.2, 0) is 6.61 Å². The number of fused-ring (bicyclic) bond motifs is 3. The van der Waals surface area contributed by atoms with Gasteiger partial charge in [-0.3, -0.25) is 0 Å². The highest BCUT2D eigenvalue weighted by Gasteiger charge is 2.09. The number of rotatable bonds is 3. The molecule has 0 atom stereocenters. The smallest absolute Gasteiger partial charge is 0.180 e. The molecule has 5 nitrogen and oxygen atoms in total. The molecule has 2 aromatic carbocycles. The van der Waals surface area contributed by atoms with Crippen LogP contribution in [0, 0.1) is 0 Å². The summed E-state index contributed by atoms with van der Waals surface area (Å²) in [5.74, 6) is 0.848. The second kappa shape index (κ2) is 4.86. The van der Waals surface area contributed by atoms with Gasteiger partial charge in [-0.25, -0.2) is 0 Å². The fourth-order valence-corrected chi connectivity index (χ4v) is 2.42. The molecule has 0 amide bonds. The van der Waals surface area contributed by atoms with Crippen molar-refractivity contribution >= 4 is 16.6 Å². The zero-order valence-corrected chi connectivity index (χ0v) is 11.2. The van der Waals surface area contributed by atoms with Crippen LogP contribution in [0.25, 0.3) is 16.6 Å². The third-order valence-electron chi connectivity index (χ3n) is 3.41. The molecule has 0 spiro atoms. The molecule has 102 valence electrons. The van der Waals surface area contributed by atoms with Gasteiger partial charge < -0.3 is 4.74 Å². The summed E-state index contributed by atoms with van der Waals surface area (Å²) in [5, 5.41) is 12.9. The summed E-state index contributed by atoms with van der Waals surface area (Å²) in [5.41, 5.74) is 2.77. The fourth-order valence-electron chi connectivity index (χ4n) is 2.42. The number of tetrazole rings is 1. The predicted octanol–water partition coefficient (Wildman–Crippen LogP) is 2.86. The molecular weight excluding hydrogens is 264 g/mol. The van der Waals surface area contributed by atoms with Gasteiger partial charge in [0.25, 0.3) is 0 Å². The lowest BCUT2D eigenvalue weighted by Crippen LogP contribution is -2.00. The van der Waals surface area contributed by atoms with Crippen LogP contribution in [0.4, 0.5) is 0 Å². The Morgan fingerprint density at radius 1 is 0.952 bits per heavy atom. The molecule has 0 aliphatic heterocycles. The van der Waals surface area contributed by atoms with E-state index in [2.05, 4.69) is 21.6 Å². The van der Waals surface area contributed by atoms with E-state index in [4.69, 9.17) is 4.74 Å². The first-order valence-electron chi connectivity index (χ1n) is 6.68. The second-order valence-electron chi connectivity index (χ2n) is 4.74. The maximum atomic E-state index is 5.85. The van der Waals surface area contributed by atoms with E-state index in [-0.39, 0.29) is 0 Å². The molecule has 4 rings (SSSR count). The van der Waals surface area contributed by atoms with Gasteiger partial charge in [0.05, 0.1) is 5.52 Å². The maximum Gasteiger partial charge on any atom is 0.180 e. The van der Waals surface area contributed by atoms with Crippen LogP contribution in [-0.4, -0.2) is 20.0 Å². The van der Waals surface area contributed by atoms with Gasteiger partial charge in [-0.15, -0.1) is 5.10 Å². The van der Waals surface area contributed by atoms with Gasteiger partial charge in [-0.2, -0.15) is 4.52 Å². The lowest BCUT2D eigenvalue weighted by molar-refractivity contribution is 0.307. The number of aromatic nitrogens is 4. The van der Waals surface area contributed by atoms with E-state index in [0.717, 1.165) is 27.9 Å². The molecule has 21 heavy (non-hydrogen) atoms. The van der Waals surface area contributed by atoms with E-state index in [1.165, 1.54) is 0 Å². The van der Waals surface area contributed by atoms with Crippen molar-refractivity contribution in [2.24, 2.45) is 0 Å². The minimum atomic E-state index is 0.480. The molecule has 2 aromatic heterocycles. The second-order valence-corrected chi connectivity index (χ2v) is 4.74. The first-order valence-corrected chi connectivity index (χ1v) is 6.68. The first-order chi connectivity index (χ1) is 10.4. The van der Waals surface area contributed by atoms with Gasteiger partial charge in [0.2, 0.25) is 0 Å². The molecule has 2 heterocycles. The average molecular weight is 276 g/mol. The molecule has 0 fully saturated rings. The molecule has 0 unspecified atom stereocenters. The summed E-state index contributed by atoms with van der Waals surface area (Å²) in [6.07, 6.45) is 0. The number of nitrogens with zero attached hydrogens (tertiary/aromatic N) is 4. The van der Waals surface area contributed by atoms with E-state index in [1.54, 1.807) is 4.52 Å². The van der Waals surface area contributed by atoms with Crippen molar-refractivity contribution in [3.8, 4) is 5.75 Å². The van der Waals surface area contributed by atoms with Crippen LogP contribution in [0.2, 0.25) is 0 Å². The highest BCUT2D eigenvalue weighted by molar-refractivity contribution is 5.84. The Hall–Kier alpha value is -2.95. The summed E-state index contributed by atoms with van der Waals surface area (Å²) >= 11 is 0. The van der Waals surface area contributed by atoms with Gasteiger partial charge in [0, 0.05) is 10.9 Å². The van der Waals surface area contributed by atoms with Gasteiger partial charge in [-0.1, -0.05) is 36.4 Å². The van der Waals surface area contributed by atoms with E-state index >= 15 is 0 Å². The van der Waals surface area contributed by atoms with E-state index in [1.807, 2.05) is 54.6 Å². The molecular formula is C16H12N4O. The highest BCUT2D eigenvalue weighted by atomic mass is 16.5. The Labute approximate surface area is 120 Å². The number of hydrogen-bond donors (Lipinski definition) is 0. The van der Waals surface area contributed by atoms with Crippen molar-refractivity contribution in [3.05, 3.63) is 66.2 Å². The Balaban J connectivity index is 1.79. The third-order valence-corrected chi connectivity index (χ3v) is 3.41. The molecule has 0 aliphatic carbocycles. The van der Waals surface area contributed by atoms with Gasteiger partial charge in [0.1, 0.15) is 12.4 Å². The van der Waals surface area contributed by atoms with Gasteiger partial charge in [0.15, 0.2) is 5.65 Å². The Morgan fingerprint density at radius 2 is 1.76 bits per heavy atom. The summed E-state index contributed by atoms with van der Waals surface area (Å²) in [4.78, 5) is 0. The topological polar surface area (TPSA) is 52.3 Å². The summed E-state index contributed by atoms with van der Waals surface area (Å²) in [7, 11) is 0. The van der Waals surface area contributed by atoms with Crippen molar-refractivity contribution in [2.45, 2.75) is 6.61 Å². The van der Waals surface area contributed by atoms with Crippen LogP contribution in [0.15, 0.2) is 60.7 Å². The van der Waals surface area contributed by atoms with E-state index < -0.39 is 0 Å². The van der Waals surface area contributed by atoms with Crippen LogP contribution >= 0.6 is 0 Å². The Kier molecular flexibility index (Phi) is 2.74. The van der Waals surface area contributed by atoms with E-state index in [9.17, 15) is 0 Å². The summed E-state index contributed by atoms with van der Waals surface area (Å²) in [6.45, 7) is 0.480. The molecule has 5 heteroatoms. The summed E-state index contributed by atoms with van der Waals surface area (Å²) < 4.78 is 7.59. The fraction of sp³-hybridized carbons (Fsp3) is 0.0625.